The molecule has 150 valence electrons. The summed E-state index contributed by atoms with van der Waals surface area (Å²) in [7, 11) is 0. The summed E-state index contributed by atoms with van der Waals surface area (Å²) >= 11 is 6.07. The lowest BCUT2D eigenvalue weighted by molar-refractivity contribution is -0.124. The van der Waals surface area contributed by atoms with E-state index in [4.69, 9.17) is 16.0 Å². The van der Waals surface area contributed by atoms with Gasteiger partial charge >= 0.3 is 0 Å². The minimum Gasteiger partial charge on any atom is -0.467 e. The van der Waals surface area contributed by atoms with Gasteiger partial charge in [0.05, 0.1) is 36.1 Å². The van der Waals surface area contributed by atoms with Gasteiger partial charge in [0.25, 0.3) is 0 Å². The van der Waals surface area contributed by atoms with Gasteiger partial charge in [-0.15, -0.1) is 0 Å². The van der Waals surface area contributed by atoms with Gasteiger partial charge in [0.2, 0.25) is 11.8 Å². The van der Waals surface area contributed by atoms with Gasteiger partial charge in [-0.1, -0.05) is 23.7 Å². The van der Waals surface area contributed by atoms with Gasteiger partial charge in [0, 0.05) is 26.2 Å². The van der Waals surface area contributed by atoms with E-state index in [1.807, 2.05) is 25.1 Å². The molecule has 1 aromatic carbocycles. The van der Waals surface area contributed by atoms with Crippen molar-refractivity contribution in [1.82, 2.24) is 15.1 Å². The molecular weight excluding hydrogens is 380 g/mol. The summed E-state index contributed by atoms with van der Waals surface area (Å²) in [6.07, 6.45) is 1.60. The number of nitrogens with zero attached hydrogens (tertiary/aromatic N) is 2. The molecule has 0 radical (unpaired) electrons. The van der Waals surface area contributed by atoms with Crippen LogP contribution in [0.1, 0.15) is 18.7 Å². The van der Waals surface area contributed by atoms with Crippen LogP contribution in [0.4, 0.5) is 5.69 Å². The van der Waals surface area contributed by atoms with Crippen molar-refractivity contribution in [3.8, 4) is 0 Å². The zero-order chi connectivity index (χ0) is 19.9. The van der Waals surface area contributed by atoms with E-state index in [-0.39, 0.29) is 17.9 Å². The normalized spacial score (nSPS) is 16.5. The second kappa shape index (κ2) is 9.73. The first-order valence-electron chi connectivity index (χ1n) is 9.33. The molecule has 1 saturated heterocycles. The number of benzene rings is 1. The van der Waals surface area contributed by atoms with E-state index in [9.17, 15) is 9.59 Å². The first-order valence-corrected chi connectivity index (χ1v) is 9.71. The molecule has 2 N–H and O–H groups in total. The maximum Gasteiger partial charge on any atom is 0.238 e. The van der Waals surface area contributed by atoms with Crippen LogP contribution in [0.2, 0.25) is 5.02 Å². The molecule has 1 aliphatic rings. The Kier molecular flexibility index (Phi) is 7.08. The van der Waals surface area contributed by atoms with Crippen molar-refractivity contribution in [2.24, 2.45) is 0 Å². The minimum atomic E-state index is -0.155. The fraction of sp³-hybridized carbons (Fsp3) is 0.400. The Hall–Kier alpha value is -2.35. The number of nitrogens with one attached hydrogen (secondary N) is 2. The van der Waals surface area contributed by atoms with Crippen molar-refractivity contribution >= 4 is 29.1 Å². The lowest BCUT2D eigenvalue weighted by Gasteiger charge is -2.34. The number of hydrogen-bond acceptors (Lipinski definition) is 5. The van der Waals surface area contributed by atoms with Gasteiger partial charge in [0.15, 0.2) is 0 Å². The molecule has 0 aliphatic carbocycles. The number of piperazine rings is 1. The molecule has 1 aromatic heterocycles. The summed E-state index contributed by atoms with van der Waals surface area (Å²) in [5.74, 6) is 0.614. The molecule has 2 heterocycles. The minimum absolute atomic E-state index is 0.0335. The van der Waals surface area contributed by atoms with Crippen LogP contribution in [-0.4, -0.2) is 60.9 Å². The van der Waals surface area contributed by atoms with E-state index in [0.717, 1.165) is 31.9 Å². The quantitative estimate of drug-likeness (QED) is 0.740. The van der Waals surface area contributed by atoms with Gasteiger partial charge in [0.1, 0.15) is 5.76 Å². The van der Waals surface area contributed by atoms with E-state index in [0.29, 0.717) is 23.8 Å². The van der Waals surface area contributed by atoms with Crippen molar-refractivity contribution < 1.29 is 14.0 Å². The van der Waals surface area contributed by atoms with Gasteiger partial charge in [-0.3, -0.25) is 19.4 Å². The Bertz CT molecular complexity index is 789. The lowest BCUT2D eigenvalue weighted by Crippen LogP contribution is -2.51. The third-order valence-corrected chi connectivity index (χ3v) is 5.02. The van der Waals surface area contributed by atoms with Gasteiger partial charge in [-0.2, -0.15) is 0 Å². The molecule has 28 heavy (non-hydrogen) atoms. The lowest BCUT2D eigenvalue weighted by atomic mass is 10.2. The predicted octanol–water partition coefficient (Wildman–Crippen LogP) is 2.37. The summed E-state index contributed by atoms with van der Waals surface area (Å²) in [6.45, 7) is 5.48. The number of amides is 2. The maximum absolute atomic E-state index is 12.2. The van der Waals surface area contributed by atoms with Crippen LogP contribution in [0.5, 0.6) is 0 Å². The van der Waals surface area contributed by atoms with Crippen LogP contribution in [0, 0.1) is 0 Å². The van der Waals surface area contributed by atoms with Crippen molar-refractivity contribution in [2.75, 3.05) is 44.6 Å². The first kappa shape index (κ1) is 20.4. The van der Waals surface area contributed by atoms with Crippen LogP contribution >= 0.6 is 11.6 Å². The fourth-order valence-electron chi connectivity index (χ4n) is 3.16. The molecule has 0 unspecified atom stereocenters. The van der Waals surface area contributed by atoms with E-state index < -0.39 is 0 Å². The largest absolute Gasteiger partial charge is 0.467 e. The molecule has 1 fully saturated rings. The molecule has 1 aliphatic heterocycles. The highest BCUT2D eigenvalue weighted by Crippen LogP contribution is 2.20. The summed E-state index contributed by atoms with van der Waals surface area (Å²) in [5, 5.41) is 6.30. The molecule has 0 spiro atoms. The number of carbonyl (C=O) groups is 2. The Morgan fingerprint density at radius 2 is 1.68 bits per heavy atom. The van der Waals surface area contributed by atoms with E-state index in [2.05, 4.69) is 20.4 Å². The number of para-hydroxylation sites is 1. The van der Waals surface area contributed by atoms with Gasteiger partial charge < -0.3 is 15.1 Å². The third-order valence-electron chi connectivity index (χ3n) is 4.69. The van der Waals surface area contributed by atoms with Crippen LogP contribution in [0.25, 0.3) is 0 Å². The average molecular weight is 405 g/mol. The van der Waals surface area contributed by atoms with Crippen molar-refractivity contribution in [2.45, 2.75) is 13.0 Å². The number of halogens is 1. The zero-order valence-electron chi connectivity index (χ0n) is 15.9. The highest BCUT2D eigenvalue weighted by molar-refractivity contribution is 6.33. The highest BCUT2D eigenvalue weighted by Gasteiger charge is 2.21. The first-order chi connectivity index (χ1) is 13.5. The van der Waals surface area contributed by atoms with Crippen LogP contribution in [0.3, 0.4) is 0 Å². The van der Waals surface area contributed by atoms with E-state index in [1.54, 1.807) is 24.5 Å². The third kappa shape index (κ3) is 5.82. The molecule has 3 rings (SSSR count). The zero-order valence-corrected chi connectivity index (χ0v) is 16.6. The molecule has 2 amide bonds. The average Bonchev–Trinajstić information content (AvgIpc) is 3.20. The van der Waals surface area contributed by atoms with E-state index in [1.165, 1.54) is 0 Å². The Morgan fingerprint density at radius 1 is 1.04 bits per heavy atom. The summed E-state index contributed by atoms with van der Waals surface area (Å²) < 4.78 is 5.31. The topological polar surface area (TPSA) is 77.8 Å². The number of anilines is 1. The Labute approximate surface area is 169 Å². The SMILES string of the molecule is C[C@@H](NC(=O)CN1CCN(CC(=O)Nc2ccccc2Cl)CC1)c1ccco1. The second-order valence-electron chi connectivity index (χ2n) is 6.88. The summed E-state index contributed by atoms with van der Waals surface area (Å²) in [6, 6.07) is 10.7. The van der Waals surface area contributed by atoms with Gasteiger partial charge in [-0.05, 0) is 31.2 Å². The Balaban J connectivity index is 1.37. The predicted molar refractivity (Wildman–Crippen MR) is 108 cm³/mol. The molecule has 0 bridgehead atoms. The fourth-order valence-corrected chi connectivity index (χ4v) is 3.34. The smallest absolute Gasteiger partial charge is 0.238 e. The summed E-state index contributed by atoms with van der Waals surface area (Å²) in [5.41, 5.74) is 0.621. The van der Waals surface area contributed by atoms with Crippen molar-refractivity contribution in [1.29, 1.82) is 0 Å². The van der Waals surface area contributed by atoms with Crippen molar-refractivity contribution in [3.05, 3.63) is 53.4 Å². The molecule has 2 aromatic rings. The number of hydrogen-bond donors (Lipinski definition) is 2. The maximum atomic E-state index is 12.2. The van der Waals surface area contributed by atoms with Crippen LogP contribution in [-0.2, 0) is 9.59 Å². The van der Waals surface area contributed by atoms with Crippen molar-refractivity contribution in [3.63, 3.8) is 0 Å². The van der Waals surface area contributed by atoms with E-state index >= 15 is 0 Å². The number of carbonyl (C=O) groups excluding carboxylic acids is 2. The standard InChI is InChI=1S/C20H25ClN4O3/c1-15(18-7-4-12-28-18)22-19(26)13-24-8-10-25(11-9-24)14-20(27)23-17-6-3-2-5-16(17)21/h2-7,12,15H,8-11,13-14H2,1H3,(H,22,26)(H,23,27)/t15-/m1/s1. The molecule has 8 heteroatoms. The van der Waals surface area contributed by atoms with Crippen LogP contribution in [0.15, 0.2) is 47.1 Å². The van der Waals surface area contributed by atoms with Gasteiger partial charge in [-0.25, -0.2) is 0 Å². The number of rotatable bonds is 7. The molecule has 1 atom stereocenters. The molecule has 7 nitrogen and oxygen atoms in total. The monoisotopic (exact) mass is 404 g/mol. The number of furan rings is 1. The van der Waals surface area contributed by atoms with Crippen LogP contribution < -0.4 is 10.6 Å². The Morgan fingerprint density at radius 3 is 2.29 bits per heavy atom. The molecule has 0 saturated carbocycles. The second-order valence-corrected chi connectivity index (χ2v) is 7.29. The summed E-state index contributed by atoms with van der Waals surface area (Å²) in [4.78, 5) is 28.6. The molecular formula is C20H25ClN4O3. The highest BCUT2D eigenvalue weighted by atomic mass is 35.5.